The number of aromatic carboxylic acids is 1. The van der Waals surface area contributed by atoms with Crippen molar-refractivity contribution in [1.29, 1.82) is 0 Å². The van der Waals surface area contributed by atoms with Crippen LogP contribution in [-0.4, -0.2) is 36.0 Å². The molecule has 2 aromatic carbocycles. The molecule has 0 bridgehead atoms. The lowest BCUT2D eigenvalue weighted by atomic mass is 10.1. The number of carboxylic acids is 1. The zero-order chi connectivity index (χ0) is 18.2. The van der Waals surface area contributed by atoms with Crippen molar-refractivity contribution in [2.45, 2.75) is 6.42 Å². The van der Waals surface area contributed by atoms with Gasteiger partial charge in [-0.05, 0) is 23.8 Å². The van der Waals surface area contributed by atoms with Crippen molar-refractivity contribution >= 4 is 17.8 Å². The van der Waals surface area contributed by atoms with Crippen LogP contribution in [-0.2, 0) is 11.2 Å². The molecule has 3 N–H and O–H groups in total. The van der Waals surface area contributed by atoms with Gasteiger partial charge in [-0.15, -0.1) is 0 Å². The monoisotopic (exact) mass is 344 g/mol. The van der Waals surface area contributed by atoms with Gasteiger partial charge in [0.1, 0.15) is 5.82 Å². The van der Waals surface area contributed by atoms with Crippen molar-refractivity contribution in [2.24, 2.45) is 0 Å². The molecule has 2 rings (SSSR count). The third kappa shape index (κ3) is 5.13. The van der Waals surface area contributed by atoms with Crippen LogP contribution in [0, 0.1) is 5.82 Å². The largest absolute Gasteiger partial charge is 0.478 e. The number of carbonyl (C=O) groups is 3. The van der Waals surface area contributed by atoms with Crippen LogP contribution in [0.15, 0.2) is 48.5 Å². The second kappa shape index (κ2) is 8.58. The second-order valence-corrected chi connectivity index (χ2v) is 5.22. The summed E-state index contributed by atoms with van der Waals surface area (Å²) in [6.07, 6.45) is -0.0948. The molecule has 25 heavy (non-hydrogen) atoms. The van der Waals surface area contributed by atoms with Crippen LogP contribution in [0.3, 0.4) is 0 Å². The molecule has 0 aromatic heterocycles. The topological polar surface area (TPSA) is 95.5 Å². The molecule has 0 unspecified atom stereocenters. The highest BCUT2D eigenvalue weighted by Gasteiger charge is 2.15. The van der Waals surface area contributed by atoms with Crippen molar-refractivity contribution in [3.8, 4) is 0 Å². The van der Waals surface area contributed by atoms with Crippen molar-refractivity contribution in [3.63, 3.8) is 0 Å². The van der Waals surface area contributed by atoms with E-state index in [0.717, 1.165) is 0 Å². The Hall–Kier alpha value is -3.22. The van der Waals surface area contributed by atoms with Crippen LogP contribution in [0.2, 0.25) is 0 Å². The molecule has 0 aliphatic carbocycles. The van der Waals surface area contributed by atoms with Gasteiger partial charge in [0.2, 0.25) is 5.91 Å². The number of hydrogen-bond acceptors (Lipinski definition) is 3. The van der Waals surface area contributed by atoms with E-state index in [1.807, 2.05) is 0 Å². The zero-order valence-corrected chi connectivity index (χ0v) is 13.3. The van der Waals surface area contributed by atoms with Gasteiger partial charge < -0.3 is 15.7 Å². The fourth-order valence-electron chi connectivity index (χ4n) is 2.22. The number of nitrogens with one attached hydrogen (secondary N) is 2. The van der Waals surface area contributed by atoms with E-state index in [4.69, 9.17) is 5.11 Å². The van der Waals surface area contributed by atoms with Gasteiger partial charge in [-0.25, -0.2) is 9.18 Å². The zero-order valence-electron chi connectivity index (χ0n) is 13.3. The van der Waals surface area contributed by atoms with Crippen LogP contribution in [0.1, 0.15) is 26.3 Å². The van der Waals surface area contributed by atoms with Gasteiger partial charge in [0.15, 0.2) is 0 Å². The Morgan fingerprint density at radius 1 is 0.880 bits per heavy atom. The van der Waals surface area contributed by atoms with Gasteiger partial charge in [0.05, 0.1) is 17.5 Å². The first-order valence-corrected chi connectivity index (χ1v) is 7.59. The molecular formula is C18H17FN2O4. The molecule has 0 fully saturated rings. The molecule has 2 aromatic rings. The molecule has 130 valence electrons. The Kier molecular flexibility index (Phi) is 6.22. The molecule has 0 aliphatic heterocycles. The quantitative estimate of drug-likeness (QED) is 0.665. The van der Waals surface area contributed by atoms with E-state index >= 15 is 0 Å². The van der Waals surface area contributed by atoms with E-state index in [1.54, 1.807) is 18.2 Å². The number of amides is 2. The number of hydrogen-bond donors (Lipinski definition) is 3. The highest BCUT2D eigenvalue weighted by molar-refractivity contribution is 6.04. The highest BCUT2D eigenvalue weighted by atomic mass is 19.1. The fraction of sp³-hybridized carbons (Fsp3) is 0.167. The molecule has 0 saturated heterocycles. The Morgan fingerprint density at radius 2 is 1.48 bits per heavy atom. The lowest BCUT2D eigenvalue weighted by Crippen LogP contribution is -2.35. The first kappa shape index (κ1) is 18.1. The third-order valence-corrected chi connectivity index (χ3v) is 3.44. The van der Waals surface area contributed by atoms with Crippen LogP contribution < -0.4 is 10.6 Å². The summed E-state index contributed by atoms with van der Waals surface area (Å²) in [5.41, 5.74) is 0.246. The summed E-state index contributed by atoms with van der Waals surface area (Å²) in [4.78, 5) is 34.8. The maximum absolute atomic E-state index is 13.4. The van der Waals surface area contributed by atoms with Crippen LogP contribution >= 0.6 is 0 Å². The molecule has 0 aliphatic rings. The molecule has 6 nitrogen and oxygen atoms in total. The number of halogens is 1. The van der Waals surface area contributed by atoms with Crippen LogP contribution in [0.25, 0.3) is 0 Å². The number of carboxylic acid groups (broad SMARTS) is 1. The van der Waals surface area contributed by atoms with Crippen molar-refractivity contribution in [2.75, 3.05) is 13.1 Å². The van der Waals surface area contributed by atoms with Crippen molar-refractivity contribution < 1.29 is 23.9 Å². The second-order valence-electron chi connectivity index (χ2n) is 5.22. The van der Waals surface area contributed by atoms with E-state index in [1.165, 1.54) is 30.3 Å². The number of carbonyl (C=O) groups excluding carboxylic acids is 2. The third-order valence-electron chi connectivity index (χ3n) is 3.44. The van der Waals surface area contributed by atoms with E-state index in [0.29, 0.717) is 5.56 Å². The molecular weight excluding hydrogens is 327 g/mol. The molecule has 0 atom stereocenters. The van der Waals surface area contributed by atoms with Gasteiger partial charge in [-0.1, -0.05) is 30.3 Å². The molecule has 0 saturated carbocycles. The van der Waals surface area contributed by atoms with E-state index in [-0.39, 0.29) is 36.5 Å². The molecule has 7 heteroatoms. The van der Waals surface area contributed by atoms with Gasteiger partial charge in [-0.2, -0.15) is 0 Å². The molecule has 0 heterocycles. The lowest BCUT2D eigenvalue weighted by molar-refractivity contribution is -0.120. The maximum Gasteiger partial charge on any atom is 0.336 e. The average molecular weight is 344 g/mol. The molecule has 0 spiro atoms. The minimum absolute atomic E-state index is 0.0488. The normalized spacial score (nSPS) is 10.1. The average Bonchev–Trinajstić information content (AvgIpc) is 2.60. The maximum atomic E-state index is 13.4. The predicted octanol–water partition coefficient (Wildman–Crippen LogP) is 1.61. The SMILES string of the molecule is O=C(Cc1ccccc1F)NCCNC(=O)c1ccccc1C(=O)O. The summed E-state index contributed by atoms with van der Waals surface area (Å²) in [6, 6.07) is 11.8. The summed E-state index contributed by atoms with van der Waals surface area (Å²) in [6.45, 7) is 0.268. The summed E-state index contributed by atoms with van der Waals surface area (Å²) in [5.74, 6) is -2.55. The van der Waals surface area contributed by atoms with Crippen LogP contribution in [0.4, 0.5) is 4.39 Å². The Morgan fingerprint density at radius 3 is 2.16 bits per heavy atom. The number of benzene rings is 2. The summed E-state index contributed by atoms with van der Waals surface area (Å²) >= 11 is 0. The van der Waals surface area contributed by atoms with Gasteiger partial charge in [-0.3, -0.25) is 9.59 Å². The first-order valence-electron chi connectivity index (χ1n) is 7.59. The number of rotatable bonds is 7. The Balaban J connectivity index is 1.79. The highest BCUT2D eigenvalue weighted by Crippen LogP contribution is 2.08. The lowest BCUT2D eigenvalue weighted by Gasteiger charge is -2.09. The first-order chi connectivity index (χ1) is 12.0. The van der Waals surface area contributed by atoms with Gasteiger partial charge in [0, 0.05) is 13.1 Å². The Labute approximate surface area is 143 Å². The van der Waals surface area contributed by atoms with Crippen LogP contribution in [0.5, 0.6) is 0 Å². The van der Waals surface area contributed by atoms with E-state index in [9.17, 15) is 18.8 Å². The minimum atomic E-state index is -1.19. The Bertz CT molecular complexity index is 792. The van der Waals surface area contributed by atoms with Gasteiger partial charge >= 0.3 is 5.97 Å². The van der Waals surface area contributed by atoms with E-state index in [2.05, 4.69) is 10.6 Å². The molecule has 2 amide bonds. The minimum Gasteiger partial charge on any atom is -0.478 e. The van der Waals surface area contributed by atoms with E-state index < -0.39 is 17.7 Å². The molecule has 0 radical (unpaired) electrons. The predicted molar refractivity (Wildman–Crippen MR) is 88.8 cm³/mol. The summed E-state index contributed by atoms with van der Waals surface area (Å²) < 4.78 is 13.4. The summed E-state index contributed by atoms with van der Waals surface area (Å²) in [7, 11) is 0. The smallest absolute Gasteiger partial charge is 0.336 e. The van der Waals surface area contributed by atoms with Gasteiger partial charge in [0.25, 0.3) is 5.91 Å². The summed E-state index contributed by atoms with van der Waals surface area (Å²) in [5, 5.41) is 14.2. The van der Waals surface area contributed by atoms with Crippen molar-refractivity contribution in [1.82, 2.24) is 10.6 Å². The van der Waals surface area contributed by atoms with Crippen molar-refractivity contribution in [3.05, 3.63) is 71.0 Å². The standard InChI is InChI=1S/C18H17FN2O4/c19-15-8-4-1-5-12(15)11-16(22)20-9-10-21-17(23)13-6-2-3-7-14(13)18(24)25/h1-8H,9-11H2,(H,20,22)(H,21,23)(H,24,25). The fourth-order valence-corrected chi connectivity index (χ4v) is 2.22.